The predicted molar refractivity (Wildman–Crippen MR) is 86.6 cm³/mol. The van der Waals surface area contributed by atoms with Gasteiger partial charge in [0.1, 0.15) is 18.0 Å². The molecule has 1 atom stereocenters. The van der Waals surface area contributed by atoms with Gasteiger partial charge in [0.15, 0.2) is 0 Å². The molecule has 0 radical (unpaired) electrons. The molecule has 0 bridgehead atoms. The smallest absolute Gasteiger partial charge is 0.134 e. The van der Waals surface area contributed by atoms with E-state index in [1.807, 2.05) is 6.07 Å². The minimum absolute atomic E-state index is 0.368. The largest absolute Gasteiger partial charge is 0.368 e. The van der Waals surface area contributed by atoms with Crippen molar-refractivity contribution in [1.29, 1.82) is 0 Å². The first-order valence-corrected chi connectivity index (χ1v) is 7.55. The Morgan fingerprint density at radius 1 is 1.19 bits per heavy atom. The van der Waals surface area contributed by atoms with Crippen molar-refractivity contribution in [2.45, 2.75) is 45.8 Å². The van der Waals surface area contributed by atoms with Gasteiger partial charge in [-0.05, 0) is 38.3 Å². The van der Waals surface area contributed by atoms with Crippen LogP contribution in [0.25, 0.3) is 0 Å². The van der Waals surface area contributed by atoms with Crippen LogP contribution < -0.4 is 10.2 Å². The topological polar surface area (TPSA) is 41.0 Å². The summed E-state index contributed by atoms with van der Waals surface area (Å²) in [5.74, 6) is 1.89. The zero-order valence-corrected chi connectivity index (χ0v) is 12.9. The molecule has 0 unspecified atom stereocenters. The second-order valence-corrected chi connectivity index (χ2v) is 6.01. The molecule has 0 amide bonds. The van der Waals surface area contributed by atoms with E-state index in [0.717, 1.165) is 24.6 Å². The van der Waals surface area contributed by atoms with Crippen LogP contribution >= 0.6 is 0 Å². The standard InChI is InChI=1S/C17H22N4/c1-12(2)20-16-9-17(19-11-18-16)21-10-15-7-5-4-6-14(15)8-13(21)3/h4-7,9,11-13H,8,10H2,1-3H3,(H,18,19,20)/t13-/m1/s1. The molecule has 1 N–H and O–H groups in total. The van der Waals surface area contributed by atoms with Crippen LogP contribution in [0.2, 0.25) is 0 Å². The molecule has 3 rings (SSSR count). The van der Waals surface area contributed by atoms with Crippen molar-refractivity contribution >= 4 is 11.6 Å². The Hall–Kier alpha value is -2.10. The molecule has 1 aliphatic rings. The number of fused-ring (bicyclic) bond motifs is 1. The Morgan fingerprint density at radius 2 is 1.95 bits per heavy atom. The molecule has 0 fully saturated rings. The molecule has 1 aliphatic heterocycles. The van der Waals surface area contributed by atoms with Crippen molar-refractivity contribution in [2.75, 3.05) is 10.2 Å². The third kappa shape index (κ3) is 2.99. The summed E-state index contributed by atoms with van der Waals surface area (Å²) in [6, 6.07) is 11.5. The minimum Gasteiger partial charge on any atom is -0.368 e. The molecular formula is C17H22N4. The van der Waals surface area contributed by atoms with Crippen molar-refractivity contribution in [2.24, 2.45) is 0 Å². The first-order chi connectivity index (χ1) is 10.1. The summed E-state index contributed by atoms with van der Waals surface area (Å²) in [5.41, 5.74) is 2.85. The van der Waals surface area contributed by atoms with Crippen molar-refractivity contribution in [1.82, 2.24) is 9.97 Å². The number of nitrogens with zero attached hydrogens (tertiary/aromatic N) is 3. The maximum absolute atomic E-state index is 4.47. The predicted octanol–water partition coefficient (Wildman–Crippen LogP) is 3.25. The van der Waals surface area contributed by atoms with E-state index < -0.39 is 0 Å². The third-order valence-electron chi connectivity index (χ3n) is 3.89. The number of nitrogens with one attached hydrogen (secondary N) is 1. The lowest BCUT2D eigenvalue weighted by atomic mass is 9.95. The molecule has 0 saturated carbocycles. The molecule has 2 heterocycles. The number of anilines is 2. The SMILES string of the molecule is CC(C)Nc1cc(N2Cc3ccccc3C[C@H]2C)ncn1. The van der Waals surface area contributed by atoms with Gasteiger partial charge in [0.25, 0.3) is 0 Å². The van der Waals surface area contributed by atoms with Crippen LogP contribution in [0.5, 0.6) is 0 Å². The summed E-state index contributed by atoms with van der Waals surface area (Å²) in [4.78, 5) is 11.1. The van der Waals surface area contributed by atoms with E-state index in [4.69, 9.17) is 0 Å². The zero-order valence-electron chi connectivity index (χ0n) is 12.9. The molecule has 0 spiro atoms. The Bertz CT molecular complexity index is 624. The summed E-state index contributed by atoms with van der Waals surface area (Å²) in [6.07, 6.45) is 2.71. The first kappa shape index (κ1) is 13.9. The first-order valence-electron chi connectivity index (χ1n) is 7.55. The number of hydrogen-bond donors (Lipinski definition) is 1. The Balaban J connectivity index is 1.87. The highest BCUT2D eigenvalue weighted by Crippen LogP contribution is 2.27. The lowest BCUT2D eigenvalue weighted by Crippen LogP contribution is -2.39. The number of benzene rings is 1. The van der Waals surface area contributed by atoms with Crippen LogP contribution in [-0.4, -0.2) is 22.1 Å². The molecule has 4 heteroatoms. The van der Waals surface area contributed by atoms with Gasteiger partial charge in [-0.1, -0.05) is 24.3 Å². The van der Waals surface area contributed by atoms with E-state index in [1.165, 1.54) is 11.1 Å². The molecule has 0 aliphatic carbocycles. The fourth-order valence-electron chi connectivity index (χ4n) is 2.86. The van der Waals surface area contributed by atoms with Crippen molar-refractivity contribution < 1.29 is 0 Å². The summed E-state index contributed by atoms with van der Waals surface area (Å²) in [5, 5.41) is 3.34. The molecular weight excluding hydrogens is 260 g/mol. The van der Waals surface area contributed by atoms with Crippen LogP contribution in [0.3, 0.4) is 0 Å². The summed E-state index contributed by atoms with van der Waals surface area (Å²) in [6.45, 7) is 7.40. The Kier molecular flexibility index (Phi) is 3.78. The highest BCUT2D eigenvalue weighted by Gasteiger charge is 2.23. The van der Waals surface area contributed by atoms with Gasteiger partial charge in [0.05, 0.1) is 0 Å². The molecule has 1 aromatic heterocycles. The molecule has 110 valence electrons. The average Bonchev–Trinajstić information content (AvgIpc) is 2.46. The van der Waals surface area contributed by atoms with Gasteiger partial charge >= 0.3 is 0 Å². The summed E-state index contributed by atoms with van der Waals surface area (Å²) >= 11 is 0. The quantitative estimate of drug-likeness (QED) is 0.938. The average molecular weight is 282 g/mol. The number of rotatable bonds is 3. The molecule has 1 aromatic carbocycles. The highest BCUT2D eigenvalue weighted by molar-refractivity contribution is 5.51. The molecule has 2 aromatic rings. The van der Waals surface area contributed by atoms with Crippen LogP contribution in [0.4, 0.5) is 11.6 Å². The maximum atomic E-state index is 4.47. The van der Waals surface area contributed by atoms with Crippen molar-refractivity contribution in [3.05, 3.63) is 47.8 Å². The molecule has 21 heavy (non-hydrogen) atoms. The Morgan fingerprint density at radius 3 is 2.71 bits per heavy atom. The number of aromatic nitrogens is 2. The lowest BCUT2D eigenvalue weighted by Gasteiger charge is -2.35. The van der Waals surface area contributed by atoms with Gasteiger partial charge in [-0.15, -0.1) is 0 Å². The summed E-state index contributed by atoms with van der Waals surface area (Å²) in [7, 11) is 0. The lowest BCUT2D eigenvalue weighted by molar-refractivity contribution is 0.586. The van der Waals surface area contributed by atoms with Gasteiger partial charge in [-0.2, -0.15) is 0 Å². The van der Waals surface area contributed by atoms with Gasteiger partial charge in [-0.25, -0.2) is 9.97 Å². The molecule has 4 nitrogen and oxygen atoms in total. The molecule has 0 saturated heterocycles. The van der Waals surface area contributed by atoms with E-state index in [9.17, 15) is 0 Å². The fourth-order valence-corrected chi connectivity index (χ4v) is 2.86. The van der Waals surface area contributed by atoms with Gasteiger partial charge in [0, 0.05) is 24.7 Å². The van der Waals surface area contributed by atoms with Crippen LogP contribution in [0.15, 0.2) is 36.7 Å². The van der Waals surface area contributed by atoms with Gasteiger partial charge < -0.3 is 10.2 Å². The van der Waals surface area contributed by atoms with E-state index in [-0.39, 0.29) is 0 Å². The van der Waals surface area contributed by atoms with Crippen molar-refractivity contribution in [3.63, 3.8) is 0 Å². The van der Waals surface area contributed by atoms with Crippen LogP contribution in [0, 0.1) is 0 Å². The normalized spacial score (nSPS) is 17.7. The monoisotopic (exact) mass is 282 g/mol. The maximum Gasteiger partial charge on any atom is 0.134 e. The van der Waals surface area contributed by atoms with Gasteiger partial charge in [-0.3, -0.25) is 0 Å². The Labute approximate surface area is 126 Å². The number of hydrogen-bond acceptors (Lipinski definition) is 4. The second kappa shape index (κ2) is 5.72. The summed E-state index contributed by atoms with van der Waals surface area (Å²) < 4.78 is 0. The fraction of sp³-hybridized carbons (Fsp3) is 0.412. The zero-order chi connectivity index (χ0) is 14.8. The minimum atomic E-state index is 0.368. The van der Waals surface area contributed by atoms with Crippen LogP contribution in [0.1, 0.15) is 31.9 Å². The van der Waals surface area contributed by atoms with E-state index in [1.54, 1.807) is 6.33 Å². The van der Waals surface area contributed by atoms with E-state index in [0.29, 0.717) is 12.1 Å². The third-order valence-corrected chi connectivity index (χ3v) is 3.89. The van der Waals surface area contributed by atoms with Gasteiger partial charge in [0.2, 0.25) is 0 Å². The second-order valence-electron chi connectivity index (χ2n) is 6.01. The van der Waals surface area contributed by atoms with E-state index >= 15 is 0 Å². The van der Waals surface area contributed by atoms with Crippen molar-refractivity contribution in [3.8, 4) is 0 Å². The highest BCUT2D eigenvalue weighted by atomic mass is 15.2. The van der Waals surface area contributed by atoms with E-state index in [2.05, 4.69) is 65.2 Å². The van der Waals surface area contributed by atoms with Crippen LogP contribution in [-0.2, 0) is 13.0 Å².